The summed E-state index contributed by atoms with van der Waals surface area (Å²) in [6, 6.07) is 0.336. The molecule has 29 heavy (non-hydrogen) atoms. The molecule has 0 saturated carbocycles. The Balaban J connectivity index is 2.49. The number of hydrogen-bond acceptors (Lipinski definition) is 6. The van der Waals surface area contributed by atoms with Crippen LogP contribution in [0.1, 0.15) is 25.5 Å². The molecule has 0 atom stereocenters. The van der Waals surface area contributed by atoms with E-state index >= 15 is 0 Å². The Morgan fingerprint density at radius 1 is 1.24 bits per heavy atom. The summed E-state index contributed by atoms with van der Waals surface area (Å²) in [6.07, 6.45) is 0. The first-order valence-corrected chi connectivity index (χ1v) is 9.42. The van der Waals surface area contributed by atoms with Crippen LogP contribution >= 0.6 is 11.6 Å². The molecule has 0 aliphatic carbocycles. The van der Waals surface area contributed by atoms with Crippen LogP contribution in [-0.2, 0) is 16.7 Å². The Kier molecular flexibility index (Phi) is 6.42. The molecule has 0 amide bonds. The van der Waals surface area contributed by atoms with E-state index in [4.69, 9.17) is 16.3 Å². The molecule has 0 bridgehead atoms. The minimum absolute atomic E-state index is 0.192. The van der Waals surface area contributed by atoms with E-state index in [0.717, 1.165) is 12.1 Å². The summed E-state index contributed by atoms with van der Waals surface area (Å²) in [6.45, 7) is 2.03. The number of alkyl halides is 3. The Morgan fingerprint density at radius 3 is 2.38 bits per heavy atom. The van der Waals surface area contributed by atoms with Crippen molar-refractivity contribution in [3.8, 4) is 11.9 Å². The predicted molar refractivity (Wildman–Crippen MR) is 90.2 cm³/mol. The quantitative estimate of drug-likeness (QED) is 0.370. The molecule has 0 unspecified atom stereocenters. The van der Waals surface area contributed by atoms with Gasteiger partial charge in [0.2, 0.25) is 5.88 Å². The minimum Gasteiger partial charge on any atom is -0.471 e. The fraction of sp³-hybridized carbons (Fsp3) is 0.333. The Morgan fingerprint density at radius 2 is 1.86 bits per heavy atom. The molecule has 0 saturated heterocycles. The molecule has 0 spiro atoms. The molecule has 2 aromatic rings. The number of halogens is 6. The van der Waals surface area contributed by atoms with Crippen molar-refractivity contribution in [3.05, 3.63) is 50.8 Å². The van der Waals surface area contributed by atoms with Crippen molar-refractivity contribution in [2.75, 3.05) is 0 Å². The van der Waals surface area contributed by atoms with E-state index in [1.54, 1.807) is 0 Å². The van der Waals surface area contributed by atoms with E-state index in [1.165, 1.54) is 13.8 Å². The van der Waals surface area contributed by atoms with E-state index < -0.39 is 62.4 Å². The molecule has 1 aromatic carbocycles. The topological polar surface area (TPSA) is 87.5 Å². The first-order chi connectivity index (χ1) is 13.2. The first-order valence-electron chi connectivity index (χ1n) is 7.64. The highest BCUT2D eigenvalue weighted by atomic mass is 35.5. The van der Waals surface area contributed by atoms with Crippen molar-refractivity contribution < 1.29 is 39.3 Å². The van der Waals surface area contributed by atoms with Crippen LogP contribution in [0.25, 0.3) is 0 Å². The standard InChI is InChI=1S/C15H12ClF5N2O5S/c1-7(2)23-13(24)11(16)12(22-14(23)28-29(25,26)15(19,20)21)27-6-8-3-4-9(17)5-10(8)18/h3-5,7H,6H2,1-2H3. The highest BCUT2D eigenvalue weighted by Gasteiger charge is 2.49. The molecule has 14 heteroatoms. The lowest BCUT2D eigenvalue weighted by Crippen LogP contribution is -2.33. The van der Waals surface area contributed by atoms with Crippen LogP contribution in [0.2, 0.25) is 5.02 Å². The lowest BCUT2D eigenvalue weighted by molar-refractivity contribution is -0.0504. The molecule has 2 rings (SSSR count). The van der Waals surface area contributed by atoms with Gasteiger partial charge in [0.1, 0.15) is 18.2 Å². The van der Waals surface area contributed by atoms with Crippen LogP contribution in [0.3, 0.4) is 0 Å². The molecule has 0 radical (unpaired) electrons. The zero-order chi connectivity index (χ0) is 22.1. The molecular weight excluding hydrogens is 451 g/mol. The summed E-state index contributed by atoms with van der Waals surface area (Å²) in [4.78, 5) is 15.8. The van der Waals surface area contributed by atoms with Gasteiger partial charge < -0.3 is 8.92 Å². The molecule has 7 nitrogen and oxygen atoms in total. The maximum atomic E-state index is 13.7. The number of nitrogens with zero attached hydrogens (tertiary/aromatic N) is 2. The van der Waals surface area contributed by atoms with Crippen molar-refractivity contribution in [1.29, 1.82) is 0 Å². The summed E-state index contributed by atoms with van der Waals surface area (Å²) < 4.78 is 96.5. The average Bonchev–Trinajstić information content (AvgIpc) is 2.56. The lowest BCUT2D eigenvalue weighted by atomic mass is 10.2. The molecule has 0 N–H and O–H groups in total. The van der Waals surface area contributed by atoms with Crippen LogP contribution < -0.4 is 14.5 Å². The van der Waals surface area contributed by atoms with Gasteiger partial charge in [0.05, 0.1) is 0 Å². The van der Waals surface area contributed by atoms with E-state index in [1.807, 2.05) is 0 Å². The molecular formula is C15H12ClF5N2O5S. The van der Waals surface area contributed by atoms with Gasteiger partial charge in [-0.15, -0.1) is 0 Å². The van der Waals surface area contributed by atoms with Crippen LogP contribution in [0.4, 0.5) is 22.0 Å². The largest absolute Gasteiger partial charge is 0.534 e. The van der Waals surface area contributed by atoms with Crippen LogP contribution in [0, 0.1) is 11.6 Å². The van der Waals surface area contributed by atoms with Crippen LogP contribution in [0.15, 0.2) is 23.0 Å². The first kappa shape index (κ1) is 22.9. The number of benzene rings is 1. The van der Waals surface area contributed by atoms with E-state index in [0.29, 0.717) is 10.6 Å². The third-order valence-corrected chi connectivity index (χ3v) is 4.62. The lowest BCUT2D eigenvalue weighted by Gasteiger charge is -2.18. The van der Waals surface area contributed by atoms with Crippen molar-refractivity contribution in [3.63, 3.8) is 0 Å². The van der Waals surface area contributed by atoms with Crippen molar-refractivity contribution in [2.24, 2.45) is 0 Å². The van der Waals surface area contributed by atoms with Gasteiger partial charge in [-0.2, -0.15) is 26.6 Å². The van der Waals surface area contributed by atoms with Gasteiger partial charge in [-0.3, -0.25) is 9.36 Å². The van der Waals surface area contributed by atoms with Gasteiger partial charge in [-0.1, -0.05) is 11.6 Å². The van der Waals surface area contributed by atoms with Gasteiger partial charge in [0, 0.05) is 17.7 Å². The van der Waals surface area contributed by atoms with E-state index in [2.05, 4.69) is 9.17 Å². The van der Waals surface area contributed by atoms with E-state index in [-0.39, 0.29) is 5.56 Å². The highest BCUT2D eigenvalue weighted by Crippen LogP contribution is 2.29. The number of aromatic nitrogens is 2. The molecule has 0 fully saturated rings. The predicted octanol–water partition coefficient (Wildman–Crippen LogP) is 3.56. The van der Waals surface area contributed by atoms with Crippen LogP contribution in [-0.4, -0.2) is 23.5 Å². The zero-order valence-electron chi connectivity index (χ0n) is 14.6. The second-order valence-corrected chi connectivity index (χ2v) is 7.71. The Bertz CT molecular complexity index is 1090. The van der Waals surface area contributed by atoms with Crippen LogP contribution in [0.5, 0.6) is 11.9 Å². The summed E-state index contributed by atoms with van der Waals surface area (Å²) in [5, 5.41) is -0.710. The number of ether oxygens (including phenoxy) is 1. The third-order valence-electron chi connectivity index (χ3n) is 3.36. The maximum absolute atomic E-state index is 13.7. The number of hydrogen-bond donors (Lipinski definition) is 0. The summed E-state index contributed by atoms with van der Waals surface area (Å²) in [7, 11) is -6.15. The fourth-order valence-corrected chi connectivity index (χ4v) is 2.61. The highest BCUT2D eigenvalue weighted by molar-refractivity contribution is 7.87. The van der Waals surface area contributed by atoms with Gasteiger partial charge in [0.25, 0.3) is 5.56 Å². The fourth-order valence-electron chi connectivity index (χ4n) is 2.01. The average molecular weight is 463 g/mol. The van der Waals surface area contributed by atoms with E-state index in [9.17, 15) is 35.2 Å². The molecule has 1 heterocycles. The summed E-state index contributed by atoms with van der Waals surface area (Å²) >= 11 is 5.81. The normalized spacial score (nSPS) is 12.3. The maximum Gasteiger partial charge on any atom is 0.534 e. The zero-order valence-corrected chi connectivity index (χ0v) is 16.2. The summed E-state index contributed by atoms with van der Waals surface area (Å²) in [5.41, 5.74) is -7.13. The Hall–Kier alpha value is -2.41. The van der Waals surface area contributed by atoms with Gasteiger partial charge in [-0.05, 0) is 26.0 Å². The number of rotatable bonds is 6. The SMILES string of the molecule is CC(C)n1c(OS(=O)(=O)C(F)(F)F)nc(OCc2ccc(F)cc2F)c(Cl)c1=O. The Labute approximate surface area is 165 Å². The van der Waals surface area contributed by atoms with Crippen molar-refractivity contribution in [1.82, 2.24) is 9.55 Å². The van der Waals surface area contributed by atoms with Crippen molar-refractivity contribution >= 4 is 21.7 Å². The van der Waals surface area contributed by atoms with Gasteiger partial charge >= 0.3 is 21.6 Å². The van der Waals surface area contributed by atoms with Gasteiger partial charge in [0.15, 0.2) is 5.02 Å². The smallest absolute Gasteiger partial charge is 0.471 e. The van der Waals surface area contributed by atoms with Gasteiger partial charge in [-0.25, -0.2) is 8.78 Å². The summed E-state index contributed by atoms with van der Waals surface area (Å²) in [5.74, 6) is -2.67. The third kappa shape index (κ3) is 4.96. The minimum atomic E-state index is -6.15. The monoisotopic (exact) mass is 462 g/mol. The molecule has 1 aromatic heterocycles. The molecule has 0 aliphatic rings. The van der Waals surface area contributed by atoms with Crippen molar-refractivity contribution in [2.45, 2.75) is 32.0 Å². The second-order valence-electron chi connectivity index (χ2n) is 5.79. The second kappa shape index (κ2) is 8.14. The molecule has 0 aliphatic heterocycles. The molecule has 160 valence electrons.